The number of furan rings is 2. The van der Waals surface area contributed by atoms with E-state index in [2.05, 4.69) is 74.5 Å². The van der Waals surface area contributed by atoms with Gasteiger partial charge in [-0.15, -0.1) is 0 Å². The molecule has 2 nitrogen and oxygen atoms in total. The van der Waals surface area contributed by atoms with Gasteiger partial charge in [-0.05, 0) is 62.4 Å². The highest BCUT2D eigenvalue weighted by Gasteiger charge is 2.15. The zero-order valence-electron chi connectivity index (χ0n) is 14.6. The number of aryl methyl sites for hydroxylation is 2. The molecule has 0 radical (unpaired) electrons. The van der Waals surface area contributed by atoms with Crippen molar-refractivity contribution in [1.29, 1.82) is 0 Å². The minimum absolute atomic E-state index is 0.929. The maximum Gasteiger partial charge on any atom is 0.143 e. The van der Waals surface area contributed by atoms with Crippen molar-refractivity contribution in [3.05, 3.63) is 71.8 Å². The Balaban J connectivity index is 1.81. The summed E-state index contributed by atoms with van der Waals surface area (Å²) in [6.45, 7) is 4.22. The van der Waals surface area contributed by atoms with Crippen molar-refractivity contribution in [2.45, 2.75) is 13.8 Å². The quantitative estimate of drug-likeness (QED) is 0.292. The van der Waals surface area contributed by atoms with Crippen LogP contribution in [-0.2, 0) is 0 Å². The van der Waals surface area contributed by atoms with Crippen LogP contribution < -0.4 is 0 Å². The largest absolute Gasteiger partial charge is 0.455 e. The molecule has 6 rings (SSSR count). The number of hydrogen-bond donors (Lipinski definition) is 0. The van der Waals surface area contributed by atoms with E-state index >= 15 is 0 Å². The van der Waals surface area contributed by atoms with E-state index in [1.54, 1.807) is 0 Å². The van der Waals surface area contributed by atoms with Crippen molar-refractivity contribution >= 4 is 54.6 Å². The highest BCUT2D eigenvalue weighted by atomic mass is 16.3. The van der Waals surface area contributed by atoms with Gasteiger partial charge < -0.3 is 8.83 Å². The highest BCUT2D eigenvalue weighted by molar-refractivity contribution is 6.22. The molecule has 0 saturated heterocycles. The van der Waals surface area contributed by atoms with Crippen molar-refractivity contribution in [3.8, 4) is 0 Å². The maximum absolute atomic E-state index is 6.22. The number of benzene rings is 4. The summed E-state index contributed by atoms with van der Waals surface area (Å²) in [5, 5.41) is 6.84. The Morgan fingerprint density at radius 2 is 0.846 bits per heavy atom. The first-order valence-electron chi connectivity index (χ1n) is 8.86. The number of fused-ring (bicyclic) bond motifs is 9. The molecule has 6 aromatic rings. The van der Waals surface area contributed by atoms with Gasteiger partial charge in [-0.25, -0.2) is 0 Å². The van der Waals surface area contributed by atoms with Gasteiger partial charge in [-0.1, -0.05) is 23.3 Å². The first-order chi connectivity index (χ1) is 12.7. The summed E-state index contributed by atoms with van der Waals surface area (Å²) in [5.41, 5.74) is 6.20. The second-order valence-electron chi connectivity index (χ2n) is 7.18. The summed E-state index contributed by atoms with van der Waals surface area (Å²) >= 11 is 0. The lowest BCUT2D eigenvalue weighted by Crippen LogP contribution is -1.76. The molecule has 0 N–H and O–H groups in total. The highest BCUT2D eigenvalue weighted by Crippen LogP contribution is 2.39. The van der Waals surface area contributed by atoms with Crippen molar-refractivity contribution in [1.82, 2.24) is 0 Å². The molecule has 124 valence electrons. The standard InChI is InChI=1S/C24H16O2/c1-13-3-9-21-19(11-13)17-7-5-16-15(23(17)25-21)6-8-18-20-12-14(2)4-10-22(20)26-24(16)18/h3-12H,1-2H3. The van der Waals surface area contributed by atoms with E-state index in [0.29, 0.717) is 0 Å². The molecule has 0 saturated carbocycles. The predicted octanol–water partition coefficient (Wildman–Crippen LogP) is 7.26. The minimum atomic E-state index is 0.929. The van der Waals surface area contributed by atoms with E-state index in [1.807, 2.05) is 0 Å². The van der Waals surface area contributed by atoms with Crippen molar-refractivity contribution in [2.24, 2.45) is 0 Å². The van der Waals surface area contributed by atoms with E-state index < -0.39 is 0 Å². The van der Waals surface area contributed by atoms with Crippen molar-refractivity contribution in [2.75, 3.05) is 0 Å². The van der Waals surface area contributed by atoms with Gasteiger partial charge in [0.05, 0.1) is 0 Å². The lowest BCUT2D eigenvalue weighted by Gasteiger charge is -2.00. The van der Waals surface area contributed by atoms with Gasteiger partial charge in [0.15, 0.2) is 0 Å². The molecule has 0 fully saturated rings. The third-order valence-corrected chi connectivity index (χ3v) is 5.38. The SMILES string of the molecule is Cc1ccc2oc3c(ccc4c3ccc3c5cc(C)ccc5oc34)c2c1. The lowest BCUT2D eigenvalue weighted by atomic mass is 10.0. The van der Waals surface area contributed by atoms with E-state index in [1.165, 1.54) is 21.9 Å². The Bertz CT molecular complexity index is 1380. The van der Waals surface area contributed by atoms with Crippen LogP contribution in [0.3, 0.4) is 0 Å². The van der Waals surface area contributed by atoms with Gasteiger partial charge >= 0.3 is 0 Å². The van der Waals surface area contributed by atoms with Crippen LogP contribution in [0.1, 0.15) is 11.1 Å². The molecule has 2 heteroatoms. The van der Waals surface area contributed by atoms with Crippen LogP contribution in [-0.4, -0.2) is 0 Å². The van der Waals surface area contributed by atoms with Crippen LogP contribution in [0.15, 0.2) is 69.5 Å². The summed E-state index contributed by atoms with van der Waals surface area (Å²) in [6, 6.07) is 21.3. The normalized spacial score (nSPS) is 12.2. The smallest absolute Gasteiger partial charge is 0.143 e. The first kappa shape index (κ1) is 14.0. The van der Waals surface area contributed by atoms with Crippen molar-refractivity contribution in [3.63, 3.8) is 0 Å². The second-order valence-corrected chi connectivity index (χ2v) is 7.18. The fraction of sp³-hybridized carbons (Fsp3) is 0.0833. The summed E-state index contributed by atoms with van der Waals surface area (Å²) in [7, 11) is 0. The predicted molar refractivity (Wildman–Crippen MR) is 108 cm³/mol. The summed E-state index contributed by atoms with van der Waals surface area (Å²) in [6.07, 6.45) is 0. The lowest BCUT2D eigenvalue weighted by molar-refractivity contribution is 0.669. The van der Waals surface area contributed by atoms with Gasteiger partial charge in [0.25, 0.3) is 0 Å². The van der Waals surface area contributed by atoms with E-state index in [9.17, 15) is 0 Å². The van der Waals surface area contributed by atoms with Gasteiger partial charge in [0.2, 0.25) is 0 Å². The third kappa shape index (κ3) is 1.71. The third-order valence-electron chi connectivity index (χ3n) is 5.38. The number of hydrogen-bond acceptors (Lipinski definition) is 2. The Morgan fingerprint density at radius 1 is 0.462 bits per heavy atom. The van der Waals surface area contributed by atoms with Gasteiger partial charge in [-0.2, -0.15) is 0 Å². The van der Waals surface area contributed by atoms with E-state index in [-0.39, 0.29) is 0 Å². The van der Waals surface area contributed by atoms with Crippen molar-refractivity contribution < 1.29 is 8.83 Å². The Morgan fingerprint density at radius 3 is 1.27 bits per heavy atom. The Hall–Kier alpha value is -3.26. The molecule has 0 aliphatic carbocycles. The molecule has 0 aliphatic heterocycles. The second kappa shape index (κ2) is 4.67. The van der Waals surface area contributed by atoms with Crippen LogP contribution in [0, 0.1) is 13.8 Å². The molecule has 2 heterocycles. The molecular formula is C24H16O2. The van der Waals surface area contributed by atoms with Gasteiger partial charge in [0, 0.05) is 32.3 Å². The number of rotatable bonds is 0. The Labute approximate surface area is 149 Å². The molecule has 0 atom stereocenters. The molecule has 0 aliphatic rings. The van der Waals surface area contributed by atoms with Crippen LogP contribution in [0.2, 0.25) is 0 Å². The summed E-state index contributed by atoms with van der Waals surface area (Å²) in [5.74, 6) is 0. The molecule has 0 unspecified atom stereocenters. The first-order valence-corrected chi connectivity index (χ1v) is 8.86. The molecule has 4 aromatic carbocycles. The molecule has 0 bridgehead atoms. The van der Waals surface area contributed by atoms with Crippen LogP contribution in [0.25, 0.3) is 54.6 Å². The molecule has 0 spiro atoms. The summed E-state index contributed by atoms with van der Waals surface area (Å²) in [4.78, 5) is 0. The summed E-state index contributed by atoms with van der Waals surface area (Å²) < 4.78 is 12.4. The minimum Gasteiger partial charge on any atom is -0.455 e. The molecular weight excluding hydrogens is 320 g/mol. The average Bonchev–Trinajstić information content (AvgIpc) is 3.19. The molecule has 0 amide bonds. The molecule has 26 heavy (non-hydrogen) atoms. The van der Waals surface area contributed by atoms with Gasteiger partial charge in [0.1, 0.15) is 22.3 Å². The fourth-order valence-corrected chi connectivity index (χ4v) is 4.10. The van der Waals surface area contributed by atoms with Crippen LogP contribution >= 0.6 is 0 Å². The monoisotopic (exact) mass is 336 g/mol. The molecule has 2 aromatic heterocycles. The van der Waals surface area contributed by atoms with Crippen LogP contribution in [0.5, 0.6) is 0 Å². The topological polar surface area (TPSA) is 26.3 Å². The fourth-order valence-electron chi connectivity index (χ4n) is 4.10. The van der Waals surface area contributed by atoms with Crippen LogP contribution in [0.4, 0.5) is 0 Å². The van der Waals surface area contributed by atoms with E-state index in [4.69, 9.17) is 8.83 Å². The maximum atomic E-state index is 6.22. The van der Waals surface area contributed by atoms with E-state index in [0.717, 1.165) is 43.9 Å². The Kier molecular flexibility index (Phi) is 2.51. The zero-order chi connectivity index (χ0) is 17.4. The zero-order valence-corrected chi connectivity index (χ0v) is 14.6. The van der Waals surface area contributed by atoms with Gasteiger partial charge in [-0.3, -0.25) is 0 Å². The average molecular weight is 336 g/mol.